The number of imidazole rings is 1. The predicted octanol–water partition coefficient (Wildman–Crippen LogP) is 6.65. The molecule has 72 heavy (non-hydrogen) atoms. The number of hydrogen-bond donors (Lipinski definition) is 9. The maximum absolute atomic E-state index is 12.8. The molecule has 0 saturated carbocycles. The number of nitrogens with two attached hydrogens (primary N) is 1. The third-order valence-corrected chi connectivity index (χ3v) is 15.7. The second kappa shape index (κ2) is 32.7. The first-order valence-electron chi connectivity index (χ1n) is 24.8. The van der Waals surface area contributed by atoms with Gasteiger partial charge < -0.3 is 50.9 Å². The number of phosphoric ester groups is 3. The van der Waals surface area contributed by atoms with Gasteiger partial charge in [-0.25, -0.2) is 28.6 Å². The number of allylic oxidation sites excluding steroid dienone is 2. The van der Waals surface area contributed by atoms with Gasteiger partial charge in [0.1, 0.15) is 36.3 Å². The number of anilines is 1. The van der Waals surface area contributed by atoms with Crippen molar-refractivity contribution in [2.24, 2.45) is 5.41 Å². The summed E-state index contributed by atoms with van der Waals surface area (Å²) in [5.41, 5.74) is 4.29. The summed E-state index contributed by atoms with van der Waals surface area (Å²) in [6.07, 6.45) is 20.5. The summed E-state index contributed by atoms with van der Waals surface area (Å²) < 4.78 is 62.5. The molecule has 0 bridgehead atoms. The predicted molar refractivity (Wildman–Crippen MR) is 270 cm³/mol. The number of thioether (sulfide) groups is 1. The summed E-state index contributed by atoms with van der Waals surface area (Å²) in [6.45, 7) is 2.82. The molecule has 3 rings (SSSR count). The first-order chi connectivity index (χ1) is 34.1. The number of aliphatic hydroxyl groups excluding tert-OH is 2. The Morgan fingerprint density at radius 3 is 2.03 bits per heavy atom. The summed E-state index contributed by atoms with van der Waals surface area (Å²) in [5, 5.41) is 26.7. The molecule has 1 aliphatic rings. The van der Waals surface area contributed by atoms with Crippen LogP contribution in [0.15, 0.2) is 24.8 Å². The molecule has 412 valence electrons. The number of nitrogens with one attached hydrogen (secondary N) is 2. The molecule has 3 heterocycles. The molecule has 0 aliphatic carbocycles. The number of aliphatic hydroxyl groups is 2. The number of aromatic nitrogens is 4. The van der Waals surface area contributed by atoms with Crippen LogP contribution in [-0.2, 0) is 50.7 Å². The van der Waals surface area contributed by atoms with Gasteiger partial charge in [0.15, 0.2) is 22.8 Å². The molecule has 28 heteroatoms. The number of unbranched alkanes of at least 4 members (excludes halogenated alkanes) is 16. The normalized spacial score (nSPS) is 19.6. The van der Waals surface area contributed by atoms with Gasteiger partial charge >= 0.3 is 23.5 Å². The van der Waals surface area contributed by atoms with Gasteiger partial charge in [-0.15, -0.1) is 0 Å². The topological polar surface area (TPSA) is 364 Å². The number of phosphoric acid groups is 3. The lowest BCUT2D eigenvalue weighted by molar-refractivity contribution is -0.137. The van der Waals surface area contributed by atoms with Gasteiger partial charge in [-0.1, -0.05) is 128 Å². The van der Waals surface area contributed by atoms with E-state index in [1.807, 2.05) is 0 Å². The maximum Gasteiger partial charge on any atom is 0.481 e. The molecule has 1 saturated heterocycles. The van der Waals surface area contributed by atoms with Crippen LogP contribution in [0.25, 0.3) is 11.2 Å². The fourth-order valence-corrected chi connectivity index (χ4v) is 11.1. The summed E-state index contributed by atoms with van der Waals surface area (Å²) in [5.74, 6) is -1.02. The molecule has 2 aromatic heterocycles. The van der Waals surface area contributed by atoms with Crippen molar-refractivity contribution in [3.8, 4) is 0 Å². The van der Waals surface area contributed by atoms with Crippen LogP contribution in [0.1, 0.15) is 155 Å². The highest BCUT2D eigenvalue weighted by atomic mass is 32.2. The molecule has 7 unspecified atom stereocenters. The van der Waals surface area contributed by atoms with Crippen molar-refractivity contribution in [1.82, 2.24) is 30.2 Å². The number of nitrogen functional groups attached to an aromatic ring is 1. The van der Waals surface area contributed by atoms with E-state index in [2.05, 4.69) is 53.5 Å². The lowest BCUT2D eigenvalue weighted by Crippen LogP contribution is -2.46. The van der Waals surface area contributed by atoms with Gasteiger partial charge in [0.05, 0.1) is 19.5 Å². The van der Waals surface area contributed by atoms with E-state index in [1.54, 1.807) is 0 Å². The van der Waals surface area contributed by atoms with Gasteiger partial charge in [-0.05, 0) is 32.1 Å². The average Bonchev–Trinajstić information content (AvgIpc) is 3.87. The average molecular weight is 1100 g/mol. The first-order valence-corrected chi connectivity index (χ1v) is 30.3. The van der Waals surface area contributed by atoms with Crippen LogP contribution >= 0.6 is 35.2 Å². The van der Waals surface area contributed by atoms with Gasteiger partial charge in [-0.3, -0.25) is 32.5 Å². The summed E-state index contributed by atoms with van der Waals surface area (Å²) in [6, 6.07) is 0. The number of carbonyl (C=O) groups is 3. The van der Waals surface area contributed by atoms with Crippen LogP contribution in [-0.4, -0.2) is 123 Å². The third kappa shape index (κ3) is 24.8. The molecule has 1 fully saturated rings. The van der Waals surface area contributed by atoms with E-state index in [4.69, 9.17) is 19.5 Å². The lowest BCUT2D eigenvalue weighted by Gasteiger charge is -2.30. The summed E-state index contributed by atoms with van der Waals surface area (Å²) in [4.78, 5) is 88.6. The third-order valence-electron chi connectivity index (χ3n) is 11.7. The number of hydrogen-bond acceptors (Lipinski definition) is 18. The van der Waals surface area contributed by atoms with Crippen LogP contribution < -0.4 is 16.4 Å². The minimum absolute atomic E-state index is 0.0339. The number of rotatable bonds is 39. The Bertz CT molecular complexity index is 2130. The number of fused-ring (bicyclic) bond motifs is 1. The van der Waals surface area contributed by atoms with E-state index >= 15 is 0 Å². The molecule has 0 radical (unpaired) electrons. The zero-order valence-electron chi connectivity index (χ0n) is 41.7. The molecular formula is C44H78N7O17P3S. The Kier molecular flexibility index (Phi) is 28.9. The molecule has 0 spiro atoms. The Morgan fingerprint density at radius 2 is 1.42 bits per heavy atom. The number of ether oxygens (including phenoxy) is 1. The van der Waals surface area contributed by atoms with E-state index in [0.717, 1.165) is 48.2 Å². The fraction of sp³-hybridized carbons (Fsp3) is 0.773. The van der Waals surface area contributed by atoms with Gasteiger partial charge in [0, 0.05) is 37.1 Å². The summed E-state index contributed by atoms with van der Waals surface area (Å²) >= 11 is 1.16. The van der Waals surface area contributed by atoms with Crippen LogP contribution in [0.4, 0.5) is 5.82 Å². The zero-order valence-corrected chi connectivity index (χ0v) is 45.2. The fourth-order valence-electron chi connectivity index (χ4n) is 7.59. The number of carbonyl (C=O) groups excluding carboxylic acids is 3. The Hall–Kier alpha value is -2.70. The Labute approximate surface area is 426 Å². The van der Waals surface area contributed by atoms with Crippen molar-refractivity contribution in [2.75, 3.05) is 37.8 Å². The number of nitrogens with zero attached hydrogens (tertiary/aromatic N) is 4. The Balaban J connectivity index is 1.24. The first kappa shape index (κ1) is 63.6. The highest BCUT2D eigenvalue weighted by Crippen LogP contribution is 2.61. The van der Waals surface area contributed by atoms with Crippen molar-refractivity contribution in [3.05, 3.63) is 24.8 Å². The molecule has 24 nitrogen and oxygen atoms in total. The molecule has 7 atom stereocenters. The highest BCUT2D eigenvalue weighted by molar-refractivity contribution is 8.13. The van der Waals surface area contributed by atoms with E-state index in [0.29, 0.717) is 12.2 Å². The van der Waals surface area contributed by atoms with E-state index in [9.17, 15) is 57.9 Å². The largest absolute Gasteiger partial charge is 0.481 e. The molecule has 10 N–H and O–H groups in total. The SMILES string of the molecule is CCCCC/C=C/CCCCCCCCCCCCCCCC(=O)SCCNC(=O)CCNC(=O)C(O)C(C)(C)COP(=O)(O)OP(=O)(O)OCC1OC(n2cnc3c(N)ncnc32)C(O)C1OP(=O)(O)O. The zero-order chi connectivity index (χ0) is 53.2. The second-order valence-corrected chi connectivity index (χ2v) is 23.8. The van der Waals surface area contributed by atoms with Crippen LogP contribution in [0, 0.1) is 5.41 Å². The van der Waals surface area contributed by atoms with Crippen LogP contribution in [0.2, 0.25) is 0 Å². The maximum atomic E-state index is 12.8. The minimum atomic E-state index is -5.58. The van der Waals surface area contributed by atoms with E-state index in [1.165, 1.54) is 110 Å². The van der Waals surface area contributed by atoms with E-state index < -0.39 is 84.6 Å². The van der Waals surface area contributed by atoms with Gasteiger partial charge in [-0.2, -0.15) is 4.31 Å². The molecule has 2 aromatic rings. The number of amides is 2. The van der Waals surface area contributed by atoms with Crippen molar-refractivity contribution in [2.45, 2.75) is 180 Å². The second-order valence-electron chi connectivity index (χ2n) is 18.4. The molecule has 2 amide bonds. The minimum Gasteiger partial charge on any atom is -0.386 e. The summed E-state index contributed by atoms with van der Waals surface area (Å²) in [7, 11) is -16.4. The van der Waals surface area contributed by atoms with Gasteiger partial charge in [0.25, 0.3) is 0 Å². The van der Waals surface area contributed by atoms with Crippen molar-refractivity contribution in [1.29, 1.82) is 0 Å². The monoisotopic (exact) mass is 1100 g/mol. The molecule has 0 aromatic carbocycles. The molecule has 1 aliphatic heterocycles. The van der Waals surface area contributed by atoms with Crippen molar-refractivity contribution >= 4 is 69.1 Å². The Morgan fingerprint density at radius 1 is 0.833 bits per heavy atom. The van der Waals surface area contributed by atoms with Crippen LogP contribution in [0.3, 0.4) is 0 Å². The van der Waals surface area contributed by atoms with E-state index in [-0.39, 0.29) is 41.6 Å². The quantitative estimate of drug-likeness (QED) is 0.0192. The van der Waals surface area contributed by atoms with Crippen molar-refractivity contribution in [3.63, 3.8) is 0 Å². The van der Waals surface area contributed by atoms with Crippen molar-refractivity contribution < 1.29 is 80.5 Å². The smallest absolute Gasteiger partial charge is 0.386 e. The van der Waals surface area contributed by atoms with Crippen LogP contribution in [0.5, 0.6) is 0 Å². The lowest BCUT2D eigenvalue weighted by atomic mass is 9.87. The highest BCUT2D eigenvalue weighted by Gasteiger charge is 2.50. The molecular weight excluding hydrogens is 1020 g/mol. The van der Waals surface area contributed by atoms with Gasteiger partial charge in [0.2, 0.25) is 11.8 Å². The standard InChI is InChI=1S/C44H78N7O17P3S/c1-4-5-6-7-8-9-10-11-12-13-14-15-16-17-18-19-20-21-22-23-24-35(53)72-28-27-46-34(52)25-26-47-42(56)39(55)44(2,3)30-65-71(62,63)68-70(60,61)64-29-33-38(67-69(57,58)59)37(54)43(66-33)51-32-50-36-40(45)48-31-49-41(36)51/h8-9,31-33,37-39,43,54-55H,4-7,10-30H2,1-3H3,(H,46,52)(H,47,56)(H,60,61)(H,62,63)(H2,45,48,49)(H2,57,58,59)/b9-8+.